The Morgan fingerprint density at radius 3 is 2.29 bits per heavy atom. The highest BCUT2D eigenvalue weighted by molar-refractivity contribution is 7.89. The lowest BCUT2D eigenvalue weighted by molar-refractivity contribution is 0.236. The minimum atomic E-state index is -3.02. The zero-order valence-corrected chi connectivity index (χ0v) is 15.8. The van der Waals surface area contributed by atoms with E-state index in [2.05, 4.69) is 17.6 Å². The van der Waals surface area contributed by atoms with Crippen molar-refractivity contribution in [2.75, 3.05) is 6.26 Å². The molecule has 0 aliphatic heterocycles. The minimum absolute atomic E-state index is 0.0384. The molecule has 0 saturated carbocycles. The lowest BCUT2D eigenvalue weighted by Crippen LogP contribution is -2.40. The van der Waals surface area contributed by atoms with Gasteiger partial charge in [0.1, 0.15) is 0 Å². The van der Waals surface area contributed by atoms with Gasteiger partial charge in [0.25, 0.3) is 0 Å². The summed E-state index contributed by atoms with van der Waals surface area (Å²) in [4.78, 5) is 11.9. The SMILES string of the molecule is CCCCCCC(C)NC(=O)NCc1ccc(CS(C)(=O)=O)cc1. The largest absolute Gasteiger partial charge is 0.336 e. The van der Waals surface area contributed by atoms with Gasteiger partial charge < -0.3 is 10.6 Å². The molecular formula is C18H30N2O3S. The van der Waals surface area contributed by atoms with E-state index in [-0.39, 0.29) is 17.8 Å². The second-order valence-electron chi connectivity index (χ2n) is 6.46. The summed E-state index contributed by atoms with van der Waals surface area (Å²) < 4.78 is 22.5. The lowest BCUT2D eigenvalue weighted by Gasteiger charge is -2.14. The molecular weight excluding hydrogens is 324 g/mol. The molecule has 2 amide bonds. The van der Waals surface area contributed by atoms with E-state index >= 15 is 0 Å². The molecule has 0 bridgehead atoms. The van der Waals surface area contributed by atoms with Crippen LogP contribution in [0.2, 0.25) is 0 Å². The standard InChI is InChI=1S/C18H30N2O3S/c1-4-5-6-7-8-15(2)20-18(21)19-13-16-9-11-17(12-10-16)14-24(3,22)23/h9-12,15H,4-8,13-14H2,1-3H3,(H2,19,20,21). The number of hydrogen-bond acceptors (Lipinski definition) is 3. The van der Waals surface area contributed by atoms with Crippen LogP contribution in [0.3, 0.4) is 0 Å². The summed E-state index contributed by atoms with van der Waals surface area (Å²) in [6.07, 6.45) is 7.02. The number of rotatable bonds is 10. The van der Waals surface area contributed by atoms with Crippen LogP contribution in [-0.4, -0.2) is 26.7 Å². The predicted octanol–water partition coefficient (Wildman–Crippen LogP) is 3.39. The van der Waals surface area contributed by atoms with E-state index in [1.807, 2.05) is 19.1 Å². The summed E-state index contributed by atoms with van der Waals surface area (Å²) in [5, 5.41) is 5.77. The number of hydrogen-bond donors (Lipinski definition) is 2. The average Bonchev–Trinajstić information content (AvgIpc) is 2.49. The van der Waals surface area contributed by atoms with Crippen molar-refractivity contribution in [3.63, 3.8) is 0 Å². The lowest BCUT2D eigenvalue weighted by atomic mass is 10.1. The molecule has 1 aromatic rings. The van der Waals surface area contributed by atoms with Gasteiger partial charge in [-0.05, 0) is 24.5 Å². The monoisotopic (exact) mass is 354 g/mol. The van der Waals surface area contributed by atoms with Gasteiger partial charge in [0, 0.05) is 18.8 Å². The maximum absolute atomic E-state index is 11.9. The number of carbonyl (C=O) groups excluding carboxylic acids is 1. The Morgan fingerprint density at radius 2 is 1.71 bits per heavy atom. The molecule has 1 atom stereocenters. The summed E-state index contributed by atoms with van der Waals surface area (Å²) in [6, 6.07) is 7.25. The van der Waals surface area contributed by atoms with Crippen LogP contribution in [0.25, 0.3) is 0 Å². The number of unbranched alkanes of at least 4 members (excludes halogenated alkanes) is 3. The normalized spacial score (nSPS) is 12.6. The third kappa shape index (κ3) is 9.55. The summed E-state index contributed by atoms with van der Waals surface area (Å²) >= 11 is 0. The van der Waals surface area contributed by atoms with Gasteiger partial charge >= 0.3 is 6.03 Å². The number of urea groups is 1. The van der Waals surface area contributed by atoms with Crippen molar-refractivity contribution in [2.45, 2.75) is 64.3 Å². The molecule has 0 radical (unpaired) electrons. The first kappa shape index (κ1) is 20.5. The maximum Gasteiger partial charge on any atom is 0.315 e. The fraction of sp³-hybridized carbons (Fsp3) is 0.611. The number of carbonyl (C=O) groups is 1. The fourth-order valence-electron chi connectivity index (χ4n) is 2.46. The van der Waals surface area contributed by atoms with Gasteiger partial charge in [-0.3, -0.25) is 0 Å². The van der Waals surface area contributed by atoms with Crippen LogP contribution in [0.1, 0.15) is 57.1 Å². The Kier molecular flexibility index (Phi) is 8.82. The average molecular weight is 355 g/mol. The van der Waals surface area contributed by atoms with Gasteiger partial charge in [-0.2, -0.15) is 0 Å². The Balaban J connectivity index is 2.31. The number of nitrogens with one attached hydrogen (secondary N) is 2. The first-order valence-corrected chi connectivity index (χ1v) is 10.7. The van der Waals surface area contributed by atoms with Crippen LogP contribution in [0.15, 0.2) is 24.3 Å². The molecule has 2 N–H and O–H groups in total. The zero-order valence-electron chi connectivity index (χ0n) is 15.0. The summed E-state index contributed by atoms with van der Waals surface area (Å²) in [5.74, 6) is 0.0384. The van der Waals surface area contributed by atoms with E-state index in [9.17, 15) is 13.2 Å². The first-order chi connectivity index (χ1) is 11.3. The first-order valence-electron chi connectivity index (χ1n) is 8.60. The summed E-state index contributed by atoms with van der Waals surface area (Å²) in [6.45, 7) is 4.63. The van der Waals surface area contributed by atoms with Gasteiger partial charge in [-0.1, -0.05) is 56.9 Å². The molecule has 0 heterocycles. The van der Waals surface area contributed by atoms with Gasteiger partial charge in [-0.15, -0.1) is 0 Å². The maximum atomic E-state index is 11.9. The Labute approximate surface area is 146 Å². The Morgan fingerprint density at radius 1 is 1.08 bits per heavy atom. The van der Waals surface area contributed by atoms with E-state index in [4.69, 9.17) is 0 Å². The second kappa shape index (κ2) is 10.3. The molecule has 5 nitrogen and oxygen atoms in total. The van der Waals surface area contributed by atoms with Gasteiger partial charge in [0.05, 0.1) is 5.75 Å². The zero-order chi connectivity index (χ0) is 18.0. The Hall–Kier alpha value is -1.56. The van der Waals surface area contributed by atoms with Gasteiger partial charge in [0.15, 0.2) is 9.84 Å². The Bertz CT molecular complexity index is 597. The fourth-order valence-corrected chi connectivity index (χ4v) is 3.26. The molecule has 0 aliphatic rings. The summed E-state index contributed by atoms with van der Waals surface area (Å²) in [7, 11) is -3.02. The molecule has 0 aliphatic carbocycles. The molecule has 0 fully saturated rings. The minimum Gasteiger partial charge on any atom is -0.336 e. The molecule has 136 valence electrons. The second-order valence-corrected chi connectivity index (χ2v) is 8.60. The van der Waals surface area contributed by atoms with E-state index in [1.54, 1.807) is 12.1 Å². The highest BCUT2D eigenvalue weighted by Crippen LogP contribution is 2.08. The number of benzene rings is 1. The number of amides is 2. The predicted molar refractivity (Wildman–Crippen MR) is 98.6 cm³/mol. The van der Waals surface area contributed by atoms with Gasteiger partial charge in [-0.25, -0.2) is 13.2 Å². The van der Waals surface area contributed by atoms with Crippen LogP contribution in [0, 0.1) is 0 Å². The van der Waals surface area contributed by atoms with Crippen molar-refractivity contribution in [1.29, 1.82) is 0 Å². The summed E-state index contributed by atoms with van der Waals surface area (Å²) in [5.41, 5.74) is 1.70. The molecule has 1 aromatic carbocycles. The molecule has 0 spiro atoms. The van der Waals surface area contributed by atoms with Crippen molar-refractivity contribution in [3.05, 3.63) is 35.4 Å². The smallest absolute Gasteiger partial charge is 0.315 e. The van der Waals surface area contributed by atoms with E-state index in [1.165, 1.54) is 25.5 Å². The quantitative estimate of drug-likeness (QED) is 0.632. The van der Waals surface area contributed by atoms with E-state index in [0.29, 0.717) is 6.54 Å². The highest BCUT2D eigenvalue weighted by atomic mass is 32.2. The van der Waals surface area contributed by atoms with Crippen LogP contribution >= 0.6 is 0 Å². The highest BCUT2D eigenvalue weighted by Gasteiger charge is 2.07. The molecule has 1 rings (SSSR count). The molecule has 0 saturated heterocycles. The van der Waals surface area contributed by atoms with E-state index < -0.39 is 9.84 Å². The molecule has 0 aromatic heterocycles. The van der Waals surface area contributed by atoms with Crippen LogP contribution in [-0.2, 0) is 22.1 Å². The third-order valence-corrected chi connectivity index (χ3v) is 4.63. The third-order valence-electron chi connectivity index (χ3n) is 3.77. The van der Waals surface area contributed by atoms with Crippen LogP contribution in [0.5, 0.6) is 0 Å². The van der Waals surface area contributed by atoms with E-state index in [0.717, 1.165) is 24.0 Å². The van der Waals surface area contributed by atoms with Crippen LogP contribution in [0.4, 0.5) is 4.79 Å². The van der Waals surface area contributed by atoms with Crippen molar-refractivity contribution in [3.8, 4) is 0 Å². The topological polar surface area (TPSA) is 75.3 Å². The van der Waals surface area contributed by atoms with Crippen molar-refractivity contribution in [1.82, 2.24) is 10.6 Å². The molecule has 1 unspecified atom stereocenters. The van der Waals surface area contributed by atoms with Crippen molar-refractivity contribution >= 4 is 15.9 Å². The van der Waals surface area contributed by atoms with Crippen molar-refractivity contribution < 1.29 is 13.2 Å². The molecule has 24 heavy (non-hydrogen) atoms. The van der Waals surface area contributed by atoms with Crippen LogP contribution < -0.4 is 10.6 Å². The van der Waals surface area contributed by atoms with Crippen molar-refractivity contribution in [2.24, 2.45) is 0 Å². The van der Waals surface area contributed by atoms with Gasteiger partial charge in [0.2, 0.25) is 0 Å². The molecule has 6 heteroatoms. The number of sulfone groups is 1.